The Hall–Kier alpha value is -2.75. The van der Waals surface area contributed by atoms with Crippen molar-refractivity contribution in [1.29, 1.82) is 0 Å². The van der Waals surface area contributed by atoms with Crippen molar-refractivity contribution in [2.24, 2.45) is 11.8 Å². The van der Waals surface area contributed by atoms with Crippen molar-refractivity contribution in [2.75, 3.05) is 4.90 Å². The van der Waals surface area contributed by atoms with Crippen LogP contribution in [-0.4, -0.2) is 17.6 Å². The van der Waals surface area contributed by atoms with Gasteiger partial charge in [0.25, 0.3) is 0 Å². The molecule has 2 aromatic rings. The molecule has 0 unspecified atom stereocenters. The van der Waals surface area contributed by atoms with Crippen molar-refractivity contribution in [3.05, 3.63) is 64.7 Å². The molecule has 2 aromatic carbocycles. The summed E-state index contributed by atoms with van der Waals surface area (Å²) < 4.78 is 0. The van der Waals surface area contributed by atoms with Crippen LogP contribution in [0.2, 0.25) is 0 Å². The number of hydrogen-bond acceptors (Lipinski definition) is 3. The Labute approximate surface area is 151 Å². The average Bonchev–Trinajstić information content (AvgIpc) is 2.90. The minimum Gasteiger partial charge on any atom is -0.299 e. The SMILES string of the molecule is Cc1ccc(N2C(=O)[C@@H]3[C@H](C2=O)[C@@H]2CC(=O)[C@H]3c3ccccc32)cc1C. The Balaban J connectivity index is 1.65. The number of hydrogen-bond donors (Lipinski definition) is 0. The van der Waals surface area contributed by atoms with Gasteiger partial charge >= 0.3 is 0 Å². The van der Waals surface area contributed by atoms with Crippen LogP contribution in [0, 0.1) is 25.7 Å². The van der Waals surface area contributed by atoms with Gasteiger partial charge in [0.2, 0.25) is 11.8 Å². The maximum absolute atomic E-state index is 13.2. The molecule has 2 fully saturated rings. The molecule has 4 aliphatic rings. The van der Waals surface area contributed by atoms with Gasteiger partial charge in [0.05, 0.1) is 23.4 Å². The van der Waals surface area contributed by atoms with E-state index in [4.69, 9.17) is 0 Å². The van der Waals surface area contributed by atoms with Crippen LogP contribution in [0.3, 0.4) is 0 Å². The number of Topliss-reactive ketones (excluding diaryl/α,β-unsaturated/α-hetero) is 1. The smallest absolute Gasteiger partial charge is 0.238 e. The van der Waals surface area contributed by atoms with Crippen molar-refractivity contribution < 1.29 is 14.4 Å². The van der Waals surface area contributed by atoms with E-state index in [1.54, 1.807) is 0 Å². The molecule has 4 heteroatoms. The number of anilines is 1. The standard InChI is InChI=1S/C22H19NO3/c1-11-7-8-13(9-12(11)2)23-21(25)19-16-10-17(24)18(20(19)22(23)26)15-6-4-3-5-14(15)16/h3-9,16,18-20H,10H2,1-2H3/t16-,18-,19-,20+/m1/s1. The summed E-state index contributed by atoms with van der Waals surface area (Å²) in [6, 6.07) is 13.4. The second-order valence-corrected chi connectivity index (χ2v) is 7.72. The molecule has 1 saturated heterocycles. The third kappa shape index (κ3) is 1.82. The molecule has 1 aliphatic heterocycles. The zero-order valence-corrected chi connectivity index (χ0v) is 14.7. The van der Waals surface area contributed by atoms with Crippen LogP contribution in [-0.2, 0) is 14.4 Å². The number of aryl methyl sites for hydroxylation is 2. The van der Waals surface area contributed by atoms with Crippen molar-refractivity contribution in [3.8, 4) is 0 Å². The molecule has 0 radical (unpaired) electrons. The normalized spacial score (nSPS) is 29.2. The number of fused-ring (bicyclic) bond motifs is 1. The summed E-state index contributed by atoms with van der Waals surface area (Å²) >= 11 is 0. The summed E-state index contributed by atoms with van der Waals surface area (Å²) in [7, 11) is 0. The van der Waals surface area contributed by atoms with Crippen molar-refractivity contribution in [2.45, 2.75) is 32.1 Å². The molecule has 4 nitrogen and oxygen atoms in total. The Morgan fingerprint density at radius 3 is 2.27 bits per heavy atom. The Bertz CT molecular complexity index is 993. The highest BCUT2D eigenvalue weighted by Gasteiger charge is 2.62. The number of ketones is 1. The first-order valence-corrected chi connectivity index (χ1v) is 9.05. The lowest BCUT2D eigenvalue weighted by Crippen LogP contribution is -2.44. The molecule has 26 heavy (non-hydrogen) atoms. The van der Waals surface area contributed by atoms with Crippen LogP contribution in [0.25, 0.3) is 0 Å². The third-order valence-corrected chi connectivity index (χ3v) is 6.44. The number of amides is 2. The molecule has 6 rings (SSSR count). The quantitative estimate of drug-likeness (QED) is 0.746. The van der Waals surface area contributed by atoms with E-state index < -0.39 is 17.8 Å². The molecule has 130 valence electrons. The largest absolute Gasteiger partial charge is 0.299 e. The lowest BCUT2D eigenvalue weighted by Gasteiger charge is -2.43. The monoisotopic (exact) mass is 345 g/mol. The molecular weight excluding hydrogens is 326 g/mol. The van der Waals surface area contributed by atoms with E-state index in [0.717, 1.165) is 22.3 Å². The van der Waals surface area contributed by atoms with Gasteiger partial charge in [0.1, 0.15) is 5.78 Å². The average molecular weight is 345 g/mol. The van der Waals surface area contributed by atoms with Gasteiger partial charge in [-0.2, -0.15) is 0 Å². The minimum atomic E-state index is -0.551. The molecule has 0 spiro atoms. The first-order chi connectivity index (χ1) is 12.5. The summed E-state index contributed by atoms with van der Waals surface area (Å²) in [5.41, 5.74) is 4.79. The van der Waals surface area contributed by atoms with Gasteiger partial charge in [-0.25, -0.2) is 4.90 Å². The molecule has 0 N–H and O–H groups in total. The molecule has 2 bridgehead atoms. The van der Waals surface area contributed by atoms with Crippen LogP contribution >= 0.6 is 0 Å². The van der Waals surface area contributed by atoms with E-state index in [1.807, 2.05) is 56.3 Å². The fraction of sp³-hybridized carbons (Fsp3) is 0.318. The highest BCUT2D eigenvalue weighted by atomic mass is 16.2. The minimum absolute atomic E-state index is 0.0954. The summed E-state index contributed by atoms with van der Waals surface area (Å²) in [5.74, 6) is -1.90. The van der Waals surface area contributed by atoms with Gasteiger partial charge in [0, 0.05) is 12.3 Å². The number of carbonyl (C=O) groups excluding carboxylic acids is 3. The van der Waals surface area contributed by atoms with E-state index >= 15 is 0 Å². The number of benzene rings is 2. The van der Waals surface area contributed by atoms with E-state index in [2.05, 4.69) is 0 Å². The summed E-state index contributed by atoms with van der Waals surface area (Å²) in [6.07, 6.45) is 0.364. The lowest BCUT2D eigenvalue weighted by atomic mass is 9.56. The third-order valence-electron chi connectivity index (χ3n) is 6.44. The molecule has 1 saturated carbocycles. The fourth-order valence-corrected chi connectivity index (χ4v) is 5.08. The predicted octanol–water partition coefficient (Wildman–Crippen LogP) is 3.26. The molecule has 3 aliphatic carbocycles. The highest BCUT2D eigenvalue weighted by molar-refractivity contribution is 6.24. The molecule has 0 aromatic heterocycles. The number of carbonyl (C=O) groups is 3. The second kappa shape index (κ2) is 5.13. The maximum atomic E-state index is 13.2. The van der Waals surface area contributed by atoms with Crippen molar-refractivity contribution >= 4 is 23.3 Å². The Morgan fingerprint density at radius 1 is 0.846 bits per heavy atom. The zero-order valence-electron chi connectivity index (χ0n) is 14.7. The van der Waals surface area contributed by atoms with Gasteiger partial charge in [-0.1, -0.05) is 30.3 Å². The number of nitrogens with zero attached hydrogens (tertiary/aromatic N) is 1. The van der Waals surface area contributed by atoms with Gasteiger partial charge in [-0.3, -0.25) is 14.4 Å². The fourth-order valence-electron chi connectivity index (χ4n) is 5.08. The Kier molecular flexibility index (Phi) is 3.06. The molecular formula is C22H19NO3. The zero-order chi connectivity index (χ0) is 18.2. The predicted molar refractivity (Wildman–Crippen MR) is 96.9 cm³/mol. The lowest BCUT2D eigenvalue weighted by molar-refractivity contribution is -0.134. The van der Waals surface area contributed by atoms with Gasteiger partial charge in [-0.15, -0.1) is 0 Å². The van der Waals surface area contributed by atoms with Crippen LogP contribution < -0.4 is 4.90 Å². The number of rotatable bonds is 1. The Morgan fingerprint density at radius 2 is 1.54 bits per heavy atom. The van der Waals surface area contributed by atoms with E-state index in [0.29, 0.717) is 12.1 Å². The summed E-state index contributed by atoms with van der Waals surface area (Å²) in [6.45, 7) is 3.97. The van der Waals surface area contributed by atoms with Gasteiger partial charge < -0.3 is 0 Å². The second-order valence-electron chi connectivity index (χ2n) is 7.72. The summed E-state index contributed by atoms with van der Waals surface area (Å²) in [5, 5.41) is 0. The van der Waals surface area contributed by atoms with Crippen LogP contribution in [0.5, 0.6) is 0 Å². The van der Waals surface area contributed by atoms with Gasteiger partial charge in [-0.05, 0) is 48.2 Å². The van der Waals surface area contributed by atoms with Crippen molar-refractivity contribution in [3.63, 3.8) is 0 Å². The topological polar surface area (TPSA) is 54.5 Å². The van der Waals surface area contributed by atoms with Gasteiger partial charge in [0.15, 0.2) is 0 Å². The first kappa shape index (κ1) is 15.5. The first-order valence-electron chi connectivity index (χ1n) is 9.05. The molecule has 4 atom stereocenters. The molecule has 2 amide bonds. The van der Waals surface area contributed by atoms with Crippen LogP contribution in [0.15, 0.2) is 42.5 Å². The summed E-state index contributed by atoms with van der Waals surface area (Å²) in [4.78, 5) is 40.5. The van der Waals surface area contributed by atoms with Crippen LogP contribution in [0.4, 0.5) is 5.69 Å². The van der Waals surface area contributed by atoms with E-state index in [9.17, 15) is 14.4 Å². The number of imide groups is 1. The highest BCUT2D eigenvalue weighted by Crippen LogP contribution is 2.57. The van der Waals surface area contributed by atoms with E-state index in [-0.39, 0.29) is 23.5 Å². The maximum Gasteiger partial charge on any atom is 0.238 e. The molecule has 1 heterocycles. The van der Waals surface area contributed by atoms with E-state index in [1.165, 1.54) is 4.90 Å². The van der Waals surface area contributed by atoms with Crippen LogP contribution in [0.1, 0.15) is 40.5 Å². The van der Waals surface area contributed by atoms with Crippen molar-refractivity contribution in [1.82, 2.24) is 0 Å².